The van der Waals surface area contributed by atoms with E-state index in [1.165, 1.54) is 6.07 Å². The van der Waals surface area contributed by atoms with Gasteiger partial charge in [-0.3, -0.25) is 4.79 Å². The van der Waals surface area contributed by atoms with E-state index in [9.17, 15) is 9.18 Å². The van der Waals surface area contributed by atoms with Gasteiger partial charge in [0.25, 0.3) is 0 Å². The summed E-state index contributed by atoms with van der Waals surface area (Å²) in [5.74, 6) is 1.08. The SMILES string of the molecule is CNC[C@H]1CCCN(C(=O)CCc2nc(-c3ccc(C)c(F)c3)no2)C1. The third-order valence-corrected chi connectivity index (χ3v) is 4.82. The molecule has 1 aromatic heterocycles. The number of aryl methyl sites for hydroxylation is 2. The Labute approximate surface area is 152 Å². The highest BCUT2D eigenvalue weighted by Crippen LogP contribution is 2.20. The molecule has 1 atom stereocenters. The summed E-state index contributed by atoms with van der Waals surface area (Å²) in [4.78, 5) is 18.7. The molecule has 2 aromatic rings. The molecule has 140 valence electrons. The molecule has 1 N–H and O–H groups in total. The number of likely N-dealkylation sites (tertiary alicyclic amines) is 1. The molecule has 3 rings (SSSR count). The Balaban J connectivity index is 1.56. The smallest absolute Gasteiger partial charge is 0.227 e. The second kappa shape index (κ2) is 8.40. The summed E-state index contributed by atoms with van der Waals surface area (Å²) in [5, 5.41) is 7.08. The standard InChI is InChI=1S/C19H25FN4O2/c1-13-5-6-15(10-16(13)20)19-22-17(26-23-19)7-8-18(25)24-9-3-4-14(12-24)11-21-2/h5-6,10,14,21H,3-4,7-9,11-12H2,1-2H3/t14-/m1/s1. The predicted octanol–water partition coefficient (Wildman–Crippen LogP) is 2.57. The summed E-state index contributed by atoms with van der Waals surface area (Å²) >= 11 is 0. The molecule has 1 aliphatic rings. The van der Waals surface area contributed by atoms with Gasteiger partial charge < -0.3 is 14.7 Å². The molecule has 1 fully saturated rings. The molecular formula is C19H25FN4O2. The number of carbonyl (C=O) groups is 1. The molecule has 2 heterocycles. The van der Waals surface area contributed by atoms with Gasteiger partial charge in [-0.25, -0.2) is 4.39 Å². The normalized spacial score (nSPS) is 17.5. The summed E-state index contributed by atoms with van der Waals surface area (Å²) in [7, 11) is 1.94. The zero-order valence-electron chi connectivity index (χ0n) is 15.3. The second-order valence-corrected chi connectivity index (χ2v) is 6.88. The van der Waals surface area contributed by atoms with E-state index >= 15 is 0 Å². The molecule has 1 amide bonds. The number of nitrogens with one attached hydrogen (secondary N) is 1. The lowest BCUT2D eigenvalue weighted by Crippen LogP contribution is -2.42. The van der Waals surface area contributed by atoms with Crippen molar-refractivity contribution in [2.45, 2.75) is 32.6 Å². The average molecular weight is 360 g/mol. The van der Waals surface area contributed by atoms with Crippen LogP contribution in [0.5, 0.6) is 0 Å². The lowest BCUT2D eigenvalue weighted by molar-refractivity contribution is -0.133. The van der Waals surface area contributed by atoms with Gasteiger partial charge in [0, 0.05) is 31.5 Å². The lowest BCUT2D eigenvalue weighted by atomic mass is 9.97. The van der Waals surface area contributed by atoms with Gasteiger partial charge in [-0.2, -0.15) is 4.98 Å². The topological polar surface area (TPSA) is 71.3 Å². The molecule has 1 aromatic carbocycles. The van der Waals surface area contributed by atoms with Crippen molar-refractivity contribution < 1.29 is 13.7 Å². The van der Waals surface area contributed by atoms with Crippen molar-refractivity contribution in [2.24, 2.45) is 5.92 Å². The monoisotopic (exact) mass is 360 g/mol. The van der Waals surface area contributed by atoms with Crippen LogP contribution >= 0.6 is 0 Å². The largest absolute Gasteiger partial charge is 0.342 e. The highest BCUT2D eigenvalue weighted by molar-refractivity contribution is 5.76. The first-order valence-corrected chi connectivity index (χ1v) is 9.08. The molecule has 7 heteroatoms. The zero-order valence-corrected chi connectivity index (χ0v) is 15.3. The van der Waals surface area contributed by atoms with Crippen LogP contribution in [0.1, 0.15) is 30.7 Å². The Morgan fingerprint density at radius 2 is 2.31 bits per heavy atom. The molecule has 6 nitrogen and oxygen atoms in total. The first kappa shape index (κ1) is 18.5. The summed E-state index contributed by atoms with van der Waals surface area (Å²) in [6.07, 6.45) is 2.94. The quantitative estimate of drug-likeness (QED) is 0.857. The van der Waals surface area contributed by atoms with Crippen LogP contribution < -0.4 is 5.32 Å². The number of nitrogens with zero attached hydrogens (tertiary/aromatic N) is 3. The maximum absolute atomic E-state index is 13.7. The summed E-state index contributed by atoms with van der Waals surface area (Å²) in [5.41, 5.74) is 1.14. The molecule has 0 aliphatic carbocycles. The van der Waals surface area contributed by atoms with Crippen LogP contribution in [0.15, 0.2) is 22.7 Å². The molecule has 0 bridgehead atoms. The van der Waals surface area contributed by atoms with Crippen LogP contribution in [0.25, 0.3) is 11.4 Å². The molecule has 0 unspecified atom stereocenters. The van der Waals surface area contributed by atoms with E-state index in [4.69, 9.17) is 4.52 Å². The van der Waals surface area contributed by atoms with Gasteiger partial charge in [-0.1, -0.05) is 17.3 Å². The summed E-state index contributed by atoms with van der Waals surface area (Å²) in [6.45, 7) is 4.26. The number of rotatable bonds is 6. The van der Waals surface area contributed by atoms with Gasteiger partial charge in [0.05, 0.1) is 0 Å². The number of benzene rings is 1. The number of amides is 1. The number of carbonyl (C=O) groups excluding carboxylic acids is 1. The van der Waals surface area contributed by atoms with E-state index in [2.05, 4.69) is 15.5 Å². The van der Waals surface area contributed by atoms with Crippen LogP contribution in [0.2, 0.25) is 0 Å². The number of piperidine rings is 1. The van der Waals surface area contributed by atoms with Crippen molar-refractivity contribution in [1.82, 2.24) is 20.4 Å². The second-order valence-electron chi connectivity index (χ2n) is 6.88. The Morgan fingerprint density at radius 3 is 3.08 bits per heavy atom. The first-order valence-electron chi connectivity index (χ1n) is 9.08. The zero-order chi connectivity index (χ0) is 18.5. The van der Waals surface area contributed by atoms with Crippen LogP contribution in [0.3, 0.4) is 0 Å². The maximum Gasteiger partial charge on any atom is 0.227 e. The predicted molar refractivity (Wildman–Crippen MR) is 96.0 cm³/mol. The van der Waals surface area contributed by atoms with Crippen molar-refractivity contribution >= 4 is 5.91 Å². The minimum Gasteiger partial charge on any atom is -0.342 e. The van der Waals surface area contributed by atoms with E-state index in [0.717, 1.165) is 32.5 Å². The molecule has 1 saturated heterocycles. The van der Waals surface area contributed by atoms with Crippen LogP contribution in [-0.2, 0) is 11.2 Å². The van der Waals surface area contributed by atoms with Gasteiger partial charge in [0.1, 0.15) is 5.82 Å². The molecular weight excluding hydrogens is 335 g/mol. The van der Waals surface area contributed by atoms with Crippen molar-refractivity contribution in [3.8, 4) is 11.4 Å². The Kier molecular flexibility index (Phi) is 5.98. The molecule has 0 radical (unpaired) electrons. The lowest BCUT2D eigenvalue weighted by Gasteiger charge is -2.32. The summed E-state index contributed by atoms with van der Waals surface area (Å²) in [6, 6.07) is 4.83. The van der Waals surface area contributed by atoms with E-state index in [1.807, 2.05) is 11.9 Å². The van der Waals surface area contributed by atoms with Crippen molar-refractivity contribution in [3.63, 3.8) is 0 Å². The Morgan fingerprint density at radius 1 is 1.46 bits per heavy atom. The third-order valence-electron chi connectivity index (χ3n) is 4.82. The maximum atomic E-state index is 13.7. The minimum absolute atomic E-state index is 0.118. The third kappa shape index (κ3) is 4.46. The molecule has 26 heavy (non-hydrogen) atoms. The highest BCUT2D eigenvalue weighted by atomic mass is 19.1. The van der Waals surface area contributed by atoms with Gasteiger partial charge >= 0.3 is 0 Å². The molecule has 0 saturated carbocycles. The number of hydrogen-bond acceptors (Lipinski definition) is 5. The van der Waals surface area contributed by atoms with Gasteiger partial charge in [0.2, 0.25) is 17.6 Å². The first-order chi connectivity index (χ1) is 12.6. The minimum atomic E-state index is -0.301. The number of aromatic nitrogens is 2. The van der Waals surface area contributed by atoms with Crippen LogP contribution in [0.4, 0.5) is 4.39 Å². The average Bonchev–Trinajstić information content (AvgIpc) is 3.11. The van der Waals surface area contributed by atoms with Crippen molar-refractivity contribution in [3.05, 3.63) is 35.5 Å². The number of hydrogen-bond donors (Lipinski definition) is 1. The molecule has 0 spiro atoms. The van der Waals surface area contributed by atoms with Gasteiger partial charge in [-0.15, -0.1) is 0 Å². The highest BCUT2D eigenvalue weighted by Gasteiger charge is 2.23. The molecule has 1 aliphatic heterocycles. The Hall–Kier alpha value is -2.28. The van der Waals surface area contributed by atoms with Crippen LogP contribution in [-0.4, -0.2) is 47.6 Å². The Bertz CT molecular complexity index is 760. The van der Waals surface area contributed by atoms with E-state index < -0.39 is 0 Å². The fourth-order valence-electron chi connectivity index (χ4n) is 3.32. The van der Waals surface area contributed by atoms with Gasteiger partial charge in [-0.05, 0) is 50.9 Å². The van der Waals surface area contributed by atoms with Crippen molar-refractivity contribution in [2.75, 3.05) is 26.7 Å². The van der Waals surface area contributed by atoms with Gasteiger partial charge in [0.15, 0.2) is 0 Å². The fraction of sp³-hybridized carbons (Fsp3) is 0.526. The van der Waals surface area contributed by atoms with E-state index in [-0.39, 0.29) is 11.7 Å². The summed E-state index contributed by atoms with van der Waals surface area (Å²) < 4.78 is 18.9. The number of halogens is 1. The fourth-order valence-corrected chi connectivity index (χ4v) is 3.32. The van der Waals surface area contributed by atoms with E-state index in [0.29, 0.717) is 41.6 Å². The van der Waals surface area contributed by atoms with Crippen LogP contribution in [0, 0.1) is 18.7 Å². The van der Waals surface area contributed by atoms with Crippen molar-refractivity contribution in [1.29, 1.82) is 0 Å². The van der Waals surface area contributed by atoms with E-state index in [1.54, 1.807) is 19.1 Å².